The number of hydrogen-bond donors (Lipinski definition) is 2. The van der Waals surface area contributed by atoms with Gasteiger partial charge in [-0.15, -0.1) is 0 Å². The Morgan fingerprint density at radius 3 is 2.41 bits per heavy atom. The number of hydrogen-bond acceptors (Lipinski definition) is 4. The maximum absolute atomic E-state index is 13.0. The van der Waals surface area contributed by atoms with Gasteiger partial charge in [0.15, 0.2) is 0 Å². The molecule has 3 rings (SSSR count). The molecule has 0 saturated heterocycles. The van der Waals surface area contributed by atoms with E-state index in [1.54, 1.807) is 4.90 Å². The number of aryl methyl sites for hydroxylation is 1. The number of urea groups is 1. The summed E-state index contributed by atoms with van der Waals surface area (Å²) in [7, 11) is 0. The highest BCUT2D eigenvalue weighted by Crippen LogP contribution is 2.18. The van der Waals surface area contributed by atoms with Gasteiger partial charge < -0.3 is 10.6 Å². The number of non-ortho nitro benzene ring substituents is 1. The fourth-order valence-corrected chi connectivity index (χ4v) is 3.15. The molecule has 2 N–H and O–H groups in total. The van der Waals surface area contributed by atoms with Crippen LogP contribution < -0.4 is 15.5 Å². The van der Waals surface area contributed by atoms with Gasteiger partial charge in [-0.25, -0.2) is 4.79 Å². The van der Waals surface area contributed by atoms with Crippen LogP contribution in [0.25, 0.3) is 0 Å². The lowest BCUT2D eigenvalue weighted by molar-refractivity contribution is -0.384. The van der Waals surface area contributed by atoms with Crippen molar-refractivity contribution in [1.29, 1.82) is 0 Å². The third-order valence-corrected chi connectivity index (χ3v) is 4.86. The largest absolute Gasteiger partial charge is 0.352 e. The van der Waals surface area contributed by atoms with E-state index in [4.69, 9.17) is 0 Å². The van der Waals surface area contributed by atoms with E-state index in [0.29, 0.717) is 19.5 Å². The summed E-state index contributed by atoms with van der Waals surface area (Å²) in [5.74, 6) is -0.399. The molecule has 3 aromatic carbocycles. The zero-order valence-corrected chi connectivity index (χ0v) is 17.7. The minimum Gasteiger partial charge on any atom is -0.352 e. The first kappa shape index (κ1) is 22.5. The van der Waals surface area contributed by atoms with Gasteiger partial charge in [-0.05, 0) is 43.2 Å². The van der Waals surface area contributed by atoms with Crippen molar-refractivity contribution in [3.8, 4) is 0 Å². The molecule has 8 heteroatoms. The molecule has 0 aliphatic heterocycles. The predicted molar refractivity (Wildman–Crippen MR) is 124 cm³/mol. The van der Waals surface area contributed by atoms with Crippen molar-refractivity contribution in [2.75, 3.05) is 23.3 Å². The third-order valence-electron chi connectivity index (χ3n) is 4.86. The average molecular weight is 432 g/mol. The normalized spacial score (nSPS) is 10.3. The molecule has 3 amide bonds. The summed E-state index contributed by atoms with van der Waals surface area (Å²) in [5, 5.41) is 16.6. The number of nitrogens with zero attached hydrogens (tertiary/aromatic N) is 2. The fourth-order valence-electron chi connectivity index (χ4n) is 3.15. The molecule has 0 aromatic heterocycles. The van der Waals surface area contributed by atoms with E-state index in [1.807, 2.05) is 61.5 Å². The van der Waals surface area contributed by atoms with Gasteiger partial charge in [0.2, 0.25) is 0 Å². The van der Waals surface area contributed by atoms with Gasteiger partial charge in [0.25, 0.3) is 11.6 Å². The predicted octanol–water partition coefficient (Wildman–Crippen LogP) is 4.76. The van der Waals surface area contributed by atoms with E-state index in [9.17, 15) is 19.7 Å². The van der Waals surface area contributed by atoms with Gasteiger partial charge in [-0.3, -0.25) is 19.8 Å². The minimum atomic E-state index is -0.540. The monoisotopic (exact) mass is 432 g/mol. The molecule has 8 nitrogen and oxygen atoms in total. The number of para-hydroxylation sites is 2. The lowest BCUT2D eigenvalue weighted by Gasteiger charge is -2.24. The number of nitrogens with one attached hydrogen (secondary N) is 2. The summed E-state index contributed by atoms with van der Waals surface area (Å²) >= 11 is 0. The van der Waals surface area contributed by atoms with E-state index in [1.165, 1.54) is 24.3 Å². The molecule has 32 heavy (non-hydrogen) atoms. The summed E-state index contributed by atoms with van der Waals surface area (Å²) in [5.41, 5.74) is 2.51. The smallest absolute Gasteiger partial charge is 0.326 e. The van der Waals surface area contributed by atoms with Crippen LogP contribution in [-0.4, -0.2) is 30.0 Å². The van der Waals surface area contributed by atoms with Gasteiger partial charge in [-0.1, -0.05) is 42.5 Å². The van der Waals surface area contributed by atoms with Gasteiger partial charge >= 0.3 is 6.03 Å². The second kappa shape index (κ2) is 10.7. The van der Waals surface area contributed by atoms with Crippen molar-refractivity contribution < 1.29 is 14.5 Å². The molecular weight excluding hydrogens is 408 g/mol. The van der Waals surface area contributed by atoms with Crippen LogP contribution in [0.3, 0.4) is 0 Å². The number of carbonyl (C=O) groups excluding carboxylic acids is 2. The average Bonchev–Trinajstić information content (AvgIpc) is 2.81. The van der Waals surface area contributed by atoms with E-state index >= 15 is 0 Å². The van der Waals surface area contributed by atoms with Crippen LogP contribution in [0.5, 0.6) is 0 Å². The number of nitro benzene ring substituents is 1. The first-order valence-corrected chi connectivity index (χ1v) is 10.2. The quantitative estimate of drug-likeness (QED) is 0.304. The second-order valence-corrected chi connectivity index (χ2v) is 7.15. The molecule has 164 valence electrons. The van der Waals surface area contributed by atoms with Crippen LogP contribution in [0.15, 0.2) is 78.9 Å². The molecule has 0 atom stereocenters. The summed E-state index contributed by atoms with van der Waals surface area (Å²) < 4.78 is 0. The van der Waals surface area contributed by atoms with E-state index in [0.717, 1.165) is 16.9 Å². The van der Waals surface area contributed by atoms with Crippen LogP contribution in [-0.2, 0) is 0 Å². The van der Waals surface area contributed by atoms with Gasteiger partial charge in [0, 0.05) is 42.2 Å². The number of nitro groups is 1. The zero-order valence-electron chi connectivity index (χ0n) is 17.7. The SMILES string of the molecule is Cc1ccccc1NC(=O)N(CCCNC(=O)c1cccc([N+](=O)[O-])c1)c1ccccc1. The summed E-state index contributed by atoms with van der Waals surface area (Å²) in [6.45, 7) is 2.60. The van der Waals surface area contributed by atoms with Gasteiger partial charge in [0.1, 0.15) is 0 Å². The Bertz CT molecular complexity index is 1100. The molecular formula is C24H24N4O4. The number of amides is 3. The maximum Gasteiger partial charge on any atom is 0.326 e. The Morgan fingerprint density at radius 2 is 1.69 bits per heavy atom. The number of benzene rings is 3. The standard InChI is InChI=1S/C24H24N4O4/c1-18-9-5-6-14-22(18)26-24(30)27(20-11-3-2-4-12-20)16-8-15-25-23(29)19-10-7-13-21(17-19)28(31)32/h2-7,9-14,17H,8,15-16H2,1H3,(H,25,29)(H,26,30). The molecule has 0 aliphatic carbocycles. The molecule has 0 bridgehead atoms. The Morgan fingerprint density at radius 1 is 0.969 bits per heavy atom. The van der Waals surface area contributed by atoms with Crippen molar-refractivity contribution in [3.63, 3.8) is 0 Å². The lowest BCUT2D eigenvalue weighted by atomic mass is 10.2. The number of anilines is 2. The second-order valence-electron chi connectivity index (χ2n) is 7.15. The Hall–Kier alpha value is -4.20. The fraction of sp³-hybridized carbons (Fsp3) is 0.167. The van der Waals surface area contributed by atoms with Crippen molar-refractivity contribution in [3.05, 3.63) is 100 Å². The number of rotatable bonds is 8. The van der Waals surface area contributed by atoms with Crippen molar-refractivity contribution >= 4 is 29.0 Å². The molecule has 0 aliphatic rings. The van der Waals surface area contributed by atoms with Gasteiger partial charge in [-0.2, -0.15) is 0 Å². The third kappa shape index (κ3) is 5.91. The van der Waals surface area contributed by atoms with Crippen LogP contribution in [0.4, 0.5) is 21.9 Å². The zero-order chi connectivity index (χ0) is 22.9. The minimum absolute atomic E-state index is 0.138. The lowest BCUT2D eigenvalue weighted by Crippen LogP contribution is -2.37. The van der Waals surface area contributed by atoms with Crippen molar-refractivity contribution in [2.24, 2.45) is 0 Å². The van der Waals surface area contributed by atoms with E-state index in [-0.39, 0.29) is 17.3 Å². The molecule has 3 aromatic rings. The summed E-state index contributed by atoms with van der Waals surface area (Å²) in [4.78, 5) is 37.3. The molecule has 0 radical (unpaired) electrons. The number of carbonyl (C=O) groups is 2. The highest BCUT2D eigenvalue weighted by atomic mass is 16.6. The Labute approximate surface area is 186 Å². The molecule has 0 saturated carbocycles. The topological polar surface area (TPSA) is 105 Å². The van der Waals surface area contributed by atoms with Gasteiger partial charge in [0.05, 0.1) is 4.92 Å². The first-order valence-electron chi connectivity index (χ1n) is 10.2. The van der Waals surface area contributed by atoms with E-state index in [2.05, 4.69) is 10.6 Å². The Balaban J connectivity index is 1.61. The Kier molecular flexibility index (Phi) is 7.53. The molecule has 0 heterocycles. The summed E-state index contributed by atoms with van der Waals surface area (Å²) in [6, 6.07) is 22.1. The van der Waals surface area contributed by atoms with Crippen molar-refractivity contribution in [2.45, 2.75) is 13.3 Å². The maximum atomic E-state index is 13.0. The highest BCUT2D eigenvalue weighted by Gasteiger charge is 2.17. The van der Waals surface area contributed by atoms with Crippen LogP contribution in [0, 0.1) is 17.0 Å². The summed E-state index contributed by atoms with van der Waals surface area (Å²) in [6.07, 6.45) is 0.497. The first-order chi connectivity index (χ1) is 15.5. The van der Waals surface area contributed by atoms with E-state index < -0.39 is 10.8 Å². The highest BCUT2D eigenvalue weighted by molar-refractivity contribution is 6.02. The van der Waals surface area contributed by atoms with Crippen LogP contribution in [0.1, 0.15) is 22.3 Å². The molecule has 0 unspecified atom stereocenters. The van der Waals surface area contributed by atoms with Crippen LogP contribution in [0.2, 0.25) is 0 Å². The molecule has 0 fully saturated rings. The molecule has 0 spiro atoms. The van der Waals surface area contributed by atoms with Crippen molar-refractivity contribution in [1.82, 2.24) is 5.32 Å². The van der Waals surface area contributed by atoms with Crippen LogP contribution >= 0.6 is 0 Å².